The molecule has 0 N–H and O–H groups in total. The van der Waals surface area contributed by atoms with Crippen LogP contribution in [0.15, 0.2) is 48.6 Å². The first-order valence-electron chi connectivity index (χ1n) is 26.2. The van der Waals surface area contributed by atoms with Crippen LogP contribution in [0, 0.1) is 0 Å². The average Bonchev–Trinajstić information content (AvgIpc) is 3.25. The van der Waals surface area contributed by atoms with E-state index in [2.05, 4.69) is 69.4 Å². The summed E-state index contributed by atoms with van der Waals surface area (Å²) < 4.78 is 17.4. The highest BCUT2D eigenvalue weighted by molar-refractivity contribution is 5.70. The van der Waals surface area contributed by atoms with Crippen molar-refractivity contribution in [2.75, 3.05) is 19.8 Å². The molecule has 0 aromatic rings. The summed E-state index contributed by atoms with van der Waals surface area (Å²) in [6.07, 6.45) is 62.6. The lowest BCUT2D eigenvalue weighted by atomic mass is 10.0. The third-order valence-corrected chi connectivity index (χ3v) is 11.3. The van der Waals surface area contributed by atoms with Crippen molar-refractivity contribution in [3.8, 4) is 0 Å². The van der Waals surface area contributed by atoms with Crippen molar-refractivity contribution in [2.45, 2.75) is 271 Å². The molecule has 0 aliphatic rings. The Balaban J connectivity index is 4.31. The third kappa shape index (κ3) is 48.5. The van der Waals surface area contributed by atoms with Crippen molar-refractivity contribution < 1.29 is 23.8 Å². The first-order valence-corrected chi connectivity index (χ1v) is 26.2. The summed E-state index contributed by atoms with van der Waals surface area (Å²) in [4.78, 5) is 25.4. The van der Waals surface area contributed by atoms with Crippen molar-refractivity contribution in [1.29, 1.82) is 0 Å². The molecule has 0 saturated heterocycles. The van der Waals surface area contributed by atoms with E-state index in [4.69, 9.17) is 14.2 Å². The van der Waals surface area contributed by atoms with Gasteiger partial charge in [-0.15, -0.1) is 0 Å². The summed E-state index contributed by atoms with van der Waals surface area (Å²) >= 11 is 0. The zero-order chi connectivity index (χ0) is 43.5. The van der Waals surface area contributed by atoms with Gasteiger partial charge in [0.1, 0.15) is 6.61 Å². The molecule has 0 amide bonds. The van der Waals surface area contributed by atoms with E-state index < -0.39 is 6.10 Å². The van der Waals surface area contributed by atoms with Crippen LogP contribution < -0.4 is 0 Å². The highest BCUT2D eigenvalue weighted by Crippen LogP contribution is 2.15. The molecule has 0 bridgehead atoms. The molecular formula is C55H100O5. The van der Waals surface area contributed by atoms with Gasteiger partial charge in [0.25, 0.3) is 0 Å². The molecule has 0 spiro atoms. The van der Waals surface area contributed by atoms with Crippen molar-refractivity contribution in [2.24, 2.45) is 0 Å². The van der Waals surface area contributed by atoms with Crippen LogP contribution in [0.1, 0.15) is 265 Å². The van der Waals surface area contributed by atoms with Crippen molar-refractivity contribution in [3.63, 3.8) is 0 Å². The highest BCUT2D eigenvalue weighted by Gasteiger charge is 2.17. The summed E-state index contributed by atoms with van der Waals surface area (Å²) in [5.74, 6) is -0.441. The maximum atomic E-state index is 12.8. The van der Waals surface area contributed by atoms with Crippen LogP contribution >= 0.6 is 0 Å². The zero-order valence-corrected chi connectivity index (χ0v) is 40.2. The number of unbranched alkanes of at least 4 members (excludes halogenated alkanes) is 29. The molecule has 0 radical (unpaired) electrons. The van der Waals surface area contributed by atoms with Gasteiger partial charge in [-0.25, -0.2) is 0 Å². The van der Waals surface area contributed by atoms with E-state index in [1.807, 2.05) is 0 Å². The van der Waals surface area contributed by atoms with E-state index in [9.17, 15) is 9.59 Å². The lowest BCUT2D eigenvalue weighted by Crippen LogP contribution is -2.30. The van der Waals surface area contributed by atoms with Crippen molar-refractivity contribution in [3.05, 3.63) is 48.6 Å². The Bertz CT molecular complexity index is 997. The standard InChI is InChI=1S/C55H100O5/c1-4-7-10-13-16-19-22-25-27-29-32-35-38-41-44-47-50-58-51-53(52-59-54(56)48-45-42-39-36-33-30-24-21-18-15-12-9-6-3)60-55(57)49-46-43-40-37-34-31-28-26-23-20-17-14-11-8-5-2/h17,20-21,24,26,28,34,37,53H,4-16,18-19,22-23,25,27,29-33,35-36,38-52H2,1-3H3/b20-17-,24-21-,28-26-,37-34-/t53-/m1/s1. The maximum Gasteiger partial charge on any atom is 0.306 e. The van der Waals surface area contributed by atoms with Gasteiger partial charge in [-0.1, -0.05) is 217 Å². The quantitative estimate of drug-likeness (QED) is 0.0347. The molecule has 0 aliphatic heterocycles. The zero-order valence-electron chi connectivity index (χ0n) is 40.2. The van der Waals surface area contributed by atoms with Gasteiger partial charge in [-0.05, 0) is 83.5 Å². The molecule has 0 aromatic carbocycles. The fourth-order valence-electron chi connectivity index (χ4n) is 7.39. The molecule has 0 fully saturated rings. The Hall–Kier alpha value is -2.14. The normalized spacial score (nSPS) is 12.5. The summed E-state index contributed by atoms with van der Waals surface area (Å²) in [6, 6.07) is 0. The molecule has 0 unspecified atom stereocenters. The Labute approximate surface area is 373 Å². The topological polar surface area (TPSA) is 61.8 Å². The number of esters is 2. The number of hydrogen-bond acceptors (Lipinski definition) is 5. The third-order valence-electron chi connectivity index (χ3n) is 11.3. The monoisotopic (exact) mass is 841 g/mol. The van der Waals surface area contributed by atoms with Crippen LogP contribution in [0.25, 0.3) is 0 Å². The predicted octanol–water partition coefficient (Wildman–Crippen LogP) is 17.6. The molecular weight excluding hydrogens is 741 g/mol. The largest absolute Gasteiger partial charge is 0.462 e. The van der Waals surface area contributed by atoms with E-state index >= 15 is 0 Å². The summed E-state index contributed by atoms with van der Waals surface area (Å²) in [5, 5.41) is 0. The number of carbonyl (C=O) groups is 2. The van der Waals surface area contributed by atoms with Gasteiger partial charge in [0, 0.05) is 19.4 Å². The summed E-state index contributed by atoms with van der Waals surface area (Å²) in [7, 11) is 0. The summed E-state index contributed by atoms with van der Waals surface area (Å²) in [5.41, 5.74) is 0. The minimum absolute atomic E-state index is 0.0687. The van der Waals surface area contributed by atoms with E-state index in [0.717, 1.165) is 70.6 Å². The first kappa shape index (κ1) is 57.9. The number of ether oxygens (including phenoxy) is 3. The van der Waals surface area contributed by atoms with Crippen LogP contribution in [-0.4, -0.2) is 37.9 Å². The van der Waals surface area contributed by atoms with Crippen LogP contribution in [0.4, 0.5) is 0 Å². The van der Waals surface area contributed by atoms with Crippen LogP contribution in [-0.2, 0) is 23.8 Å². The van der Waals surface area contributed by atoms with Gasteiger partial charge in [0.15, 0.2) is 6.10 Å². The lowest BCUT2D eigenvalue weighted by molar-refractivity contribution is -0.163. The average molecular weight is 841 g/mol. The molecule has 350 valence electrons. The van der Waals surface area contributed by atoms with Crippen LogP contribution in [0.2, 0.25) is 0 Å². The molecule has 1 atom stereocenters. The molecule has 0 aromatic heterocycles. The maximum absolute atomic E-state index is 12.8. The Morgan fingerprint density at radius 2 is 0.700 bits per heavy atom. The Kier molecular flexibility index (Phi) is 49.4. The smallest absolute Gasteiger partial charge is 0.306 e. The van der Waals surface area contributed by atoms with Gasteiger partial charge in [0.05, 0.1) is 6.61 Å². The van der Waals surface area contributed by atoms with E-state index in [-0.39, 0.29) is 25.2 Å². The lowest BCUT2D eigenvalue weighted by Gasteiger charge is -2.18. The number of allylic oxidation sites excluding steroid dienone is 8. The fourth-order valence-corrected chi connectivity index (χ4v) is 7.39. The van der Waals surface area contributed by atoms with Gasteiger partial charge < -0.3 is 14.2 Å². The SMILES string of the molecule is CCCCC/C=C\C/C=C\C/C=C\CCCCC(=O)O[C@H](COCCCCCCCCCCCCCCCCCC)COC(=O)CCCCCCC/C=C\CCCCCC. The molecule has 5 nitrogen and oxygen atoms in total. The molecule has 0 rings (SSSR count). The van der Waals surface area contributed by atoms with Gasteiger partial charge in [0.2, 0.25) is 0 Å². The molecule has 0 saturated carbocycles. The van der Waals surface area contributed by atoms with E-state index in [1.54, 1.807) is 0 Å². The summed E-state index contributed by atoms with van der Waals surface area (Å²) in [6.45, 7) is 7.77. The second kappa shape index (κ2) is 51.2. The molecule has 0 aliphatic carbocycles. The van der Waals surface area contributed by atoms with E-state index in [1.165, 1.54) is 161 Å². The fraction of sp³-hybridized carbons (Fsp3) is 0.818. The van der Waals surface area contributed by atoms with Crippen LogP contribution in [0.3, 0.4) is 0 Å². The van der Waals surface area contributed by atoms with Crippen LogP contribution in [0.5, 0.6) is 0 Å². The predicted molar refractivity (Wildman–Crippen MR) is 261 cm³/mol. The van der Waals surface area contributed by atoms with Gasteiger partial charge in [-0.3, -0.25) is 9.59 Å². The molecule has 5 heteroatoms. The second-order valence-corrected chi connectivity index (χ2v) is 17.4. The molecule has 0 heterocycles. The number of hydrogen-bond donors (Lipinski definition) is 0. The van der Waals surface area contributed by atoms with Gasteiger partial charge >= 0.3 is 11.9 Å². The molecule has 60 heavy (non-hydrogen) atoms. The van der Waals surface area contributed by atoms with Crippen molar-refractivity contribution in [1.82, 2.24) is 0 Å². The Morgan fingerprint density at radius 3 is 1.22 bits per heavy atom. The minimum atomic E-state index is -0.555. The number of rotatable bonds is 48. The first-order chi connectivity index (χ1) is 29.6. The minimum Gasteiger partial charge on any atom is -0.462 e. The van der Waals surface area contributed by atoms with E-state index in [0.29, 0.717) is 19.4 Å². The van der Waals surface area contributed by atoms with Crippen molar-refractivity contribution >= 4 is 11.9 Å². The van der Waals surface area contributed by atoms with Gasteiger partial charge in [-0.2, -0.15) is 0 Å². The highest BCUT2D eigenvalue weighted by atomic mass is 16.6. The number of carbonyl (C=O) groups excluding carboxylic acids is 2. The second-order valence-electron chi connectivity index (χ2n) is 17.4. The Morgan fingerprint density at radius 1 is 0.367 bits per heavy atom.